The van der Waals surface area contributed by atoms with Gasteiger partial charge in [-0.3, -0.25) is 58.3 Å². The van der Waals surface area contributed by atoms with E-state index in [0.29, 0.717) is 56.2 Å². The standard InChI is InChI=1S/C64H91N9O17/c1-13-40(6)58(49(86-11)34-54(78)71-32-20-23-47(71)60(87-12)41(7)61(80)66-42(8)59(79)44-21-16-14-17-22-44)69(9)63(82)56(38(2)3)68-62(81)57(39(4)5)70(10)64(83)89-36-43-25-27-48(88-37-45-26-30-55(90-45)73(84)85)46(33-43)67-51(75)35-65-50(74)24-18-15-19-31-72-52(76)28-29-53(72)77/h14,16-17,21-22,25-30,33,38-42,47,49,56-60,79H,13,15,18-20,23-24,31-32,34-37H2,1-12H3,(H,65,74)(H,66,80)(H,67,75)(H,68,81)/t40-,41+,42+,47-,49+,56-,57-,58-,59+,60+/m0/s1. The summed E-state index contributed by atoms with van der Waals surface area (Å²) in [6, 6.07) is 12.1. The largest absolute Gasteiger partial charge is 0.483 e. The number of carbonyl (C=O) groups excluding carboxylic acids is 9. The summed E-state index contributed by atoms with van der Waals surface area (Å²) in [6.07, 6.45) is 2.39. The number of imide groups is 1. The number of ether oxygens (including phenoxy) is 4. The maximum Gasteiger partial charge on any atom is 0.433 e. The lowest BCUT2D eigenvalue weighted by atomic mass is 9.89. The van der Waals surface area contributed by atoms with Crippen LogP contribution >= 0.6 is 0 Å². The number of benzene rings is 2. The van der Waals surface area contributed by atoms with Gasteiger partial charge in [-0.15, -0.1) is 0 Å². The van der Waals surface area contributed by atoms with Gasteiger partial charge in [0, 0.05) is 60.0 Å². The molecule has 0 unspecified atom stereocenters. The normalized spacial score (nSPS) is 16.9. The second kappa shape index (κ2) is 34.7. The van der Waals surface area contributed by atoms with Gasteiger partial charge >= 0.3 is 12.0 Å². The zero-order valence-corrected chi connectivity index (χ0v) is 53.8. The van der Waals surface area contributed by atoms with Crippen molar-refractivity contribution < 1.29 is 76.5 Å². The highest BCUT2D eigenvalue weighted by Crippen LogP contribution is 2.32. The summed E-state index contributed by atoms with van der Waals surface area (Å²) in [5.41, 5.74) is 1.10. The molecule has 26 heteroatoms. The third-order valence-corrected chi connectivity index (χ3v) is 16.6. The minimum atomic E-state index is -1.14. The zero-order chi connectivity index (χ0) is 66.5. The number of hydrogen-bond acceptors (Lipinski definition) is 17. The van der Waals surface area contributed by atoms with E-state index < -0.39 is 113 Å². The predicted octanol–water partition coefficient (Wildman–Crippen LogP) is 6.20. The van der Waals surface area contributed by atoms with Crippen LogP contribution in [0, 0.1) is 33.8 Å². The molecule has 494 valence electrons. The molecule has 1 fully saturated rings. The third-order valence-electron chi connectivity index (χ3n) is 16.6. The fourth-order valence-corrected chi connectivity index (χ4v) is 11.4. The van der Waals surface area contributed by atoms with Crippen molar-refractivity contribution in [2.45, 2.75) is 168 Å². The highest BCUT2D eigenvalue weighted by atomic mass is 16.7. The molecule has 5 N–H and O–H groups in total. The molecule has 90 heavy (non-hydrogen) atoms. The number of nitrogens with zero attached hydrogens (tertiary/aromatic N) is 5. The summed E-state index contributed by atoms with van der Waals surface area (Å²) in [5.74, 6) is -5.63. The molecule has 2 aromatic carbocycles. The van der Waals surface area contributed by atoms with Crippen LogP contribution in [-0.4, -0.2) is 173 Å². The first kappa shape index (κ1) is 72.5. The first-order chi connectivity index (χ1) is 42.7. The Kier molecular flexibility index (Phi) is 27.9. The number of carbonyl (C=O) groups is 9. The average Bonchev–Trinajstić information content (AvgIpc) is 1.70. The fourth-order valence-electron chi connectivity index (χ4n) is 11.4. The Hall–Kier alpha value is -8.23. The van der Waals surface area contributed by atoms with Crippen LogP contribution in [0.15, 0.2) is 77.2 Å². The molecule has 9 amide bonds. The topological polar surface area (TPSA) is 328 Å². The maximum atomic E-state index is 14.8. The highest BCUT2D eigenvalue weighted by molar-refractivity contribution is 6.12. The van der Waals surface area contributed by atoms with E-state index >= 15 is 0 Å². The quantitative estimate of drug-likeness (QED) is 0.0189. The molecule has 2 aliphatic heterocycles. The van der Waals surface area contributed by atoms with Gasteiger partial charge in [0.1, 0.15) is 41.7 Å². The molecule has 0 aliphatic carbocycles. The van der Waals surface area contributed by atoms with Crippen molar-refractivity contribution in [2.24, 2.45) is 23.7 Å². The van der Waals surface area contributed by atoms with Gasteiger partial charge in [-0.25, -0.2) is 4.79 Å². The number of unbranched alkanes of at least 4 members (excludes halogenated alkanes) is 2. The maximum absolute atomic E-state index is 14.8. The highest BCUT2D eigenvalue weighted by Gasteiger charge is 2.44. The van der Waals surface area contributed by atoms with Gasteiger partial charge in [0.05, 0.1) is 67.1 Å². The van der Waals surface area contributed by atoms with Crippen LogP contribution in [0.1, 0.15) is 130 Å². The van der Waals surface area contributed by atoms with Crippen LogP contribution < -0.4 is 26.0 Å². The SMILES string of the molecule is CC[C@H](C)[C@@H]([C@@H](CC(=O)N1CCC[C@H]1[C@H](OC)[C@@H](C)C(=O)N[C@H](C)[C@@H](O)c1ccccc1)OC)N(C)C(=O)[C@@H](NC(=O)[C@H](C(C)C)N(C)C(=O)OCc1ccc(OCc2ccc([N+](=O)[O-])o2)c(NC(=O)CNC(=O)CCCCCN2C(=O)C=CC2=O)c1)C(C)C. The number of nitro groups is 1. The Bertz CT molecular complexity index is 2970. The lowest BCUT2D eigenvalue weighted by Crippen LogP contribution is -2.60. The molecule has 26 nitrogen and oxygen atoms in total. The molecule has 3 aromatic rings. The van der Waals surface area contributed by atoms with Gasteiger partial charge in [-0.05, 0) is 79.7 Å². The average molecular weight is 1260 g/mol. The van der Waals surface area contributed by atoms with Crippen molar-refractivity contribution in [1.82, 2.24) is 35.6 Å². The van der Waals surface area contributed by atoms with E-state index in [1.54, 1.807) is 71.7 Å². The lowest BCUT2D eigenvalue weighted by Gasteiger charge is -2.41. The number of likely N-dealkylation sites (N-methyl/N-ethyl adjacent to an activating group) is 2. The number of furan rings is 1. The molecule has 0 spiro atoms. The van der Waals surface area contributed by atoms with Crippen molar-refractivity contribution in [3.05, 3.63) is 99.8 Å². The number of amides is 9. The van der Waals surface area contributed by atoms with E-state index in [2.05, 4.69) is 21.3 Å². The number of likely N-dealkylation sites (tertiary alicyclic amines) is 1. The minimum Gasteiger partial charge on any atom is -0.483 e. The van der Waals surface area contributed by atoms with Crippen LogP contribution in [0.25, 0.3) is 0 Å². The van der Waals surface area contributed by atoms with Crippen LogP contribution in [0.4, 0.5) is 16.4 Å². The summed E-state index contributed by atoms with van der Waals surface area (Å²) in [7, 11) is 6.01. The molecule has 0 saturated carbocycles. The van der Waals surface area contributed by atoms with E-state index in [9.17, 15) is 58.4 Å². The van der Waals surface area contributed by atoms with Crippen LogP contribution in [0.2, 0.25) is 0 Å². The van der Waals surface area contributed by atoms with E-state index in [0.717, 1.165) is 15.9 Å². The minimum absolute atomic E-state index is 0.0758. The van der Waals surface area contributed by atoms with Crippen molar-refractivity contribution >= 4 is 64.9 Å². The second-order valence-electron chi connectivity index (χ2n) is 23.7. The van der Waals surface area contributed by atoms with E-state index in [1.807, 2.05) is 32.0 Å². The zero-order valence-electron chi connectivity index (χ0n) is 53.8. The van der Waals surface area contributed by atoms with Crippen molar-refractivity contribution in [2.75, 3.05) is 53.3 Å². The third kappa shape index (κ3) is 19.9. The molecule has 2 aliphatic rings. The van der Waals surface area contributed by atoms with Crippen LogP contribution in [0.5, 0.6) is 5.75 Å². The summed E-state index contributed by atoms with van der Waals surface area (Å²) in [5, 5.41) is 33.3. The Morgan fingerprint density at radius 2 is 1.51 bits per heavy atom. The number of aliphatic hydroxyl groups excluding tert-OH is 1. The molecular formula is C64H91N9O17. The van der Waals surface area contributed by atoms with Crippen molar-refractivity contribution in [1.29, 1.82) is 0 Å². The number of anilines is 1. The van der Waals surface area contributed by atoms with Crippen LogP contribution in [-0.2, 0) is 65.8 Å². The van der Waals surface area contributed by atoms with Gasteiger partial charge in [-0.2, -0.15) is 0 Å². The van der Waals surface area contributed by atoms with Crippen molar-refractivity contribution in [3.8, 4) is 5.75 Å². The van der Waals surface area contributed by atoms with Gasteiger partial charge in [0.15, 0.2) is 0 Å². The van der Waals surface area contributed by atoms with Crippen LogP contribution in [0.3, 0.4) is 0 Å². The summed E-state index contributed by atoms with van der Waals surface area (Å²) < 4.78 is 28.9. The molecule has 0 radical (unpaired) electrons. The number of hydrogen-bond donors (Lipinski definition) is 5. The Morgan fingerprint density at radius 3 is 2.12 bits per heavy atom. The molecule has 0 bridgehead atoms. The van der Waals surface area contributed by atoms with E-state index in [4.69, 9.17) is 23.4 Å². The molecule has 3 heterocycles. The number of rotatable bonds is 35. The molecule has 10 atom stereocenters. The summed E-state index contributed by atoms with van der Waals surface area (Å²) in [4.78, 5) is 137. The summed E-state index contributed by atoms with van der Waals surface area (Å²) in [6.45, 7) is 14.0. The lowest BCUT2D eigenvalue weighted by molar-refractivity contribution is -0.402. The van der Waals surface area contributed by atoms with E-state index in [-0.39, 0.29) is 79.3 Å². The second-order valence-corrected chi connectivity index (χ2v) is 23.7. The number of nitrogens with one attached hydrogen (secondary N) is 4. The first-order valence-electron chi connectivity index (χ1n) is 30.7. The first-order valence-corrected chi connectivity index (χ1v) is 30.7. The monoisotopic (exact) mass is 1260 g/mol. The summed E-state index contributed by atoms with van der Waals surface area (Å²) >= 11 is 0. The Balaban J connectivity index is 1.22. The Morgan fingerprint density at radius 1 is 0.822 bits per heavy atom. The van der Waals surface area contributed by atoms with Crippen molar-refractivity contribution in [3.63, 3.8) is 0 Å². The number of aliphatic hydroxyl groups is 1. The van der Waals surface area contributed by atoms with E-state index in [1.165, 1.54) is 56.5 Å². The predicted molar refractivity (Wildman–Crippen MR) is 331 cm³/mol. The van der Waals surface area contributed by atoms with Gasteiger partial charge in [0.25, 0.3) is 11.8 Å². The fraction of sp³-hybridized carbons (Fsp3) is 0.578. The molecular weight excluding hydrogens is 1170 g/mol. The smallest absolute Gasteiger partial charge is 0.433 e. The van der Waals surface area contributed by atoms with Gasteiger partial charge in [-0.1, -0.05) is 97.7 Å². The molecule has 1 aromatic heterocycles. The molecule has 1 saturated heterocycles. The van der Waals surface area contributed by atoms with Gasteiger partial charge in [0.2, 0.25) is 35.4 Å². The molecule has 5 rings (SSSR count). The Labute approximate surface area is 526 Å². The van der Waals surface area contributed by atoms with Gasteiger partial charge < -0.3 is 59.5 Å². The number of methoxy groups -OCH3 is 2.